The van der Waals surface area contributed by atoms with Gasteiger partial charge in [0.2, 0.25) is 20.0 Å². The van der Waals surface area contributed by atoms with Gasteiger partial charge in [-0.3, -0.25) is 9.62 Å². The summed E-state index contributed by atoms with van der Waals surface area (Å²) in [5.74, 6) is 0. The van der Waals surface area contributed by atoms with E-state index in [4.69, 9.17) is 0 Å². The number of anilines is 1. The van der Waals surface area contributed by atoms with E-state index in [0.29, 0.717) is 12.2 Å². The van der Waals surface area contributed by atoms with E-state index in [-0.39, 0.29) is 35.9 Å². The van der Waals surface area contributed by atoms with E-state index in [1.807, 2.05) is 0 Å². The van der Waals surface area contributed by atoms with Gasteiger partial charge in [0.25, 0.3) is 0 Å². The van der Waals surface area contributed by atoms with Crippen molar-refractivity contribution in [2.45, 2.75) is 30.3 Å². The van der Waals surface area contributed by atoms with Gasteiger partial charge in [-0.05, 0) is 66.1 Å². The van der Waals surface area contributed by atoms with Crippen LogP contribution in [0.3, 0.4) is 0 Å². The Labute approximate surface area is 209 Å². The number of hydrogen-bond donors (Lipinski definition) is 2. The van der Waals surface area contributed by atoms with E-state index in [9.17, 15) is 16.8 Å². The smallest absolute Gasteiger partial charge is 0.240 e. The molecule has 0 bridgehead atoms. The Balaban J connectivity index is 0.00000306. The second-order valence-corrected chi connectivity index (χ2v) is 13.3. The lowest BCUT2D eigenvalue weighted by atomic mass is 9.95. The van der Waals surface area contributed by atoms with Crippen LogP contribution in [-0.2, 0) is 26.5 Å². The Bertz CT molecular complexity index is 1270. The second kappa shape index (κ2) is 10.4. The lowest BCUT2D eigenvalue weighted by molar-refractivity contribution is 0.159. The summed E-state index contributed by atoms with van der Waals surface area (Å²) in [6, 6.07) is 12.5. The maximum atomic E-state index is 12.8. The predicted octanol–water partition coefficient (Wildman–Crippen LogP) is 3.92. The molecule has 180 valence electrons. The fourth-order valence-electron chi connectivity index (χ4n) is 3.99. The third-order valence-electron chi connectivity index (χ3n) is 5.38. The SMILES string of the molecule is CC1Cc2ccsc2C(c2cccs2)N1CCNS(=O)(=O)c1ccc(NS(C)(=O)=O)cc1.Cl. The zero-order valence-corrected chi connectivity index (χ0v) is 22.2. The van der Waals surface area contributed by atoms with Crippen LogP contribution < -0.4 is 9.44 Å². The average Bonchev–Trinajstić information content (AvgIpc) is 3.39. The molecule has 0 amide bonds. The summed E-state index contributed by atoms with van der Waals surface area (Å²) in [6.45, 7) is 3.04. The van der Waals surface area contributed by atoms with Crippen molar-refractivity contribution in [3.8, 4) is 0 Å². The Kier molecular flexibility index (Phi) is 8.26. The first-order chi connectivity index (χ1) is 15.1. The van der Waals surface area contributed by atoms with Crippen LogP contribution in [0.4, 0.5) is 5.69 Å². The molecule has 3 heterocycles. The van der Waals surface area contributed by atoms with Crippen LogP contribution in [0.15, 0.2) is 58.1 Å². The fraction of sp³-hybridized carbons (Fsp3) is 0.333. The van der Waals surface area contributed by atoms with Crippen LogP contribution in [0.2, 0.25) is 0 Å². The number of fused-ring (bicyclic) bond motifs is 1. The minimum absolute atomic E-state index is 0. The van der Waals surface area contributed by atoms with E-state index in [1.165, 1.54) is 39.6 Å². The number of halogens is 1. The Morgan fingerprint density at radius 2 is 1.76 bits per heavy atom. The van der Waals surface area contributed by atoms with Crippen molar-refractivity contribution in [1.82, 2.24) is 9.62 Å². The molecule has 2 aromatic heterocycles. The number of nitrogens with zero attached hydrogens (tertiary/aromatic N) is 1. The highest BCUT2D eigenvalue weighted by Crippen LogP contribution is 2.42. The van der Waals surface area contributed by atoms with Gasteiger partial charge in [-0.25, -0.2) is 21.6 Å². The molecular formula is C21H26ClN3O4S4. The number of benzene rings is 1. The van der Waals surface area contributed by atoms with Gasteiger partial charge < -0.3 is 0 Å². The van der Waals surface area contributed by atoms with Crippen molar-refractivity contribution in [1.29, 1.82) is 0 Å². The summed E-state index contributed by atoms with van der Waals surface area (Å²) in [6.07, 6.45) is 1.99. The van der Waals surface area contributed by atoms with Crippen molar-refractivity contribution in [3.05, 3.63) is 68.5 Å². The summed E-state index contributed by atoms with van der Waals surface area (Å²) in [5.41, 5.74) is 1.69. The van der Waals surface area contributed by atoms with Crippen LogP contribution in [-0.4, -0.2) is 47.1 Å². The van der Waals surface area contributed by atoms with Gasteiger partial charge in [0, 0.05) is 34.6 Å². The second-order valence-electron chi connectivity index (χ2n) is 7.82. The standard InChI is InChI=1S/C21H25N3O4S4.ClH/c1-15-14-16-9-13-30-21(16)20(19-4-3-12-29-19)24(15)11-10-22-32(27,28)18-7-5-17(6-8-18)23-31(2,25)26;/h3-9,12-13,15,20,22-23H,10-11,14H2,1-2H3;1H. The highest BCUT2D eigenvalue weighted by atomic mass is 35.5. The highest BCUT2D eigenvalue weighted by Gasteiger charge is 2.34. The third-order valence-corrected chi connectivity index (χ3v) is 9.40. The molecule has 1 aliphatic rings. The summed E-state index contributed by atoms with van der Waals surface area (Å²) < 4.78 is 53.2. The third kappa shape index (κ3) is 6.16. The molecule has 2 atom stereocenters. The minimum atomic E-state index is -3.71. The zero-order chi connectivity index (χ0) is 22.9. The largest absolute Gasteiger partial charge is 0.287 e. The summed E-state index contributed by atoms with van der Waals surface area (Å²) in [5, 5.41) is 4.21. The van der Waals surface area contributed by atoms with Crippen LogP contribution in [0.5, 0.6) is 0 Å². The van der Waals surface area contributed by atoms with E-state index in [2.05, 4.69) is 50.2 Å². The molecule has 3 aromatic rings. The minimum Gasteiger partial charge on any atom is -0.287 e. The van der Waals surface area contributed by atoms with Gasteiger partial charge >= 0.3 is 0 Å². The molecule has 2 unspecified atom stereocenters. The molecule has 12 heteroatoms. The Morgan fingerprint density at radius 3 is 2.39 bits per heavy atom. The van der Waals surface area contributed by atoms with E-state index in [1.54, 1.807) is 22.7 Å². The molecule has 0 aliphatic carbocycles. The molecule has 0 radical (unpaired) electrons. The number of thiophene rings is 2. The van der Waals surface area contributed by atoms with E-state index in [0.717, 1.165) is 12.7 Å². The molecule has 0 fully saturated rings. The van der Waals surface area contributed by atoms with Crippen molar-refractivity contribution in [2.75, 3.05) is 24.1 Å². The molecule has 0 saturated heterocycles. The van der Waals surface area contributed by atoms with Gasteiger partial charge in [-0.1, -0.05) is 6.07 Å². The number of hydrogen-bond acceptors (Lipinski definition) is 7. The maximum Gasteiger partial charge on any atom is 0.240 e. The summed E-state index contributed by atoms with van der Waals surface area (Å²) >= 11 is 3.48. The van der Waals surface area contributed by atoms with E-state index < -0.39 is 20.0 Å². The zero-order valence-electron chi connectivity index (χ0n) is 18.1. The molecule has 1 aliphatic heterocycles. The van der Waals surface area contributed by atoms with Crippen LogP contribution in [0, 0.1) is 0 Å². The summed E-state index contributed by atoms with van der Waals surface area (Å²) in [4.78, 5) is 5.06. The molecule has 0 spiro atoms. The van der Waals surface area contributed by atoms with Crippen LogP contribution in [0.1, 0.15) is 28.3 Å². The van der Waals surface area contributed by atoms with Crippen LogP contribution in [0.25, 0.3) is 0 Å². The Morgan fingerprint density at radius 1 is 1.03 bits per heavy atom. The van der Waals surface area contributed by atoms with Crippen molar-refractivity contribution in [2.24, 2.45) is 0 Å². The fourth-order valence-corrected chi connectivity index (χ4v) is 7.58. The van der Waals surface area contributed by atoms with Gasteiger partial charge in [-0.2, -0.15) is 0 Å². The normalized spacial score (nSPS) is 19.0. The first kappa shape index (κ1) is 26.1. The van der Waals surface area contributed by atoms with Gasteiger partial charge in [0.15, 0.2) is 0 Å². The number of nitrogens with one attached hydrogen (secondary N) is 2. The quantitative estimate of drug-likeness (QED) is 0.446. The molecule has 7 nitrogen and oxygen atoms in total. The molecule has 2 N–H and O–H groups in total. The van der Waals surface area contributed by atoms with E-state index >= 15 is 0 Å². The molecule has 33 heavy (non-hydrogen) atoms. The van der Waals surface area contributed by atoms with Gasteiger partial charge in [0.1, 0.15) is 0 Å². The number of rotatable bonds is 8. The molecule has 4 rings (SSSR count). The van der Waals surface area contributed by atoms with Crippen LogP contribution >= 0.6 is 35.1 Å². The summed E-state index contributed by atoms with van der Waals surface area (Å²) in [7, 11) is -7.13. The Hall–Kier alpha value is -1.47. The predicted molar refractivity (Wildman–Crippen MR) is 138 cm³/mol. The van der Waals surface area contributed by atoms with Gasteiger partial charge in [0.05, 0.1) is 17.2 Å². The lowest BCUT2D eigenvalue weighted by Crippen LogP contribution is -2.45. The van der Waals surface area contributed by atoms with Crippen molar-refractivity contribution >= 4 is 60.8 Å². The average molecular weight is 548 g/mol. The highest BCUT2D eigenvalue weighted by molar-refractivity contribution is 7.92. The topological polar surface area (TPSA) is 95.6 Å². The maximum absolute atomic E-state index is 12.8. The van der Waals surface area contributed by atoms with Crippen molar-refractivity contribution in [3.63, 3.8) is 0 Å². The van der Waals surface area contributed by atoms with Crippen molar-refractivity contribution < 1.29 is 16.8 Å². The van der Waals surface area contributed by atoms with Gasteiger partial charge in [-0.15, -0.1) is 35.1 Å². The monoisotopic (exact) mass is 547 g/mol. The number of sulfonamides is 2. The first-order valence-electron chi connectivity index (χ1n) is 10.1. The molecular weight excluding hydrogens is 522 g/mol. The first-order valence-corrected chi connectivity index (χ1v) is 15.2. The molecule has 0 saturated carbocycles. The molecule has 1 aromatic carbocycles. The lowest BCUT2D eigenvalue weighted by Gasteiger charge is -2.40.